The second-order valence-corrected chi connectivity index (χ2v) is 6.63. The van der Waals surface area contributed by atoms with Crippen molar-refractivity contribution in [1.82, 2.24) is 0 Å². The normalized spacial score (nSPS) is 36.2. The van der Waals surface area contributed by atoms with Gasteiger partial charge in [-0.3, -0.25) is 0 Å². The van der Waals surface area contributed by atoms with Crippen LogP contribution in [0.3, 0.4) is 0 Å². The van der Waals surface area contributed by atoms with E-state index in [4.69, 9.17) is 5.26 Å². The number of rotatable bonds is 4. The number of nitriles is 1. The quantitative estimate of drug-likeness (QED) is 0.613. The molecule has 0 aromatic rings. The molecule has 106 valence electrons. The molecule has 0 spiro atoms. The van der Waals surface area contributed by atoms with Crippen LogP contribution in [0.25, 0.3) is 0 Å². The monoisotopic (exact) mass is 259 g/mol. The molecule has 2 rings (SSSR count). The molecular weight excluding hydrogens is 230 g/mol. The molecule has 0 bridgehead atoms. The highest BCUT2D eigenvalue weighted by Crippen LogP contribution is 2.41. The van der Waals surface area contributed by atoms with Crippen molar-refractivity contribution < 1.29 is 0 Å². The van der Waals surface area contributed by atoms with E-state index in [0.29, 0.717) is 5.92 Å². The van der Waals surface area contributed by atoms with Crippen LogP contribution in [0.1, 0.15) is 71.1 Å². The molecule has 0 aromatic heterocycles. The molecule has 0 radical (unpaired) electrons. The highest BCUT2D eigenvalue weighted by Gasteiger charge is 2.30. The Bertz CT molecular complexity index is 309. The van der Waals surface area contributed by atoms with E-state index in [1.807, 2.05) is 0 Å². The van der Waals surface area contributed by atoms with Crippen LogP contribution in [0, 0.1) is 35.0 Å². The maximum atomic E-state index is 8.97. The van der Waals surface area contributed by atoms with Gasteiger partial charge in [-0.25, -0.2) is 0 Å². The molecule has 1 heteroatoms. The summed E-state index contributed by atoms with van der Waals surface area (Å²) in [4.78, 5) is 0. The van der Waals surface area contributed by atoms with Gasteiger partial charge in [0.1, 0.15) is 0 Å². The average molecular weight is 259 g/mol. The molecule has 0 N–H and O–H groups in total. The maximum absolute atomic E-state index is 8.97. The van der Waals surface area contributed by atoms with Crippen LogP contribution in [0.2, 0.25) is 0 Å². The summed E-state index contributed by atoms with van der Waals surface area (Å²) in [5.41, 5.74) is 0. The van der Waals surface area contributed by atoms with Crippen molar-refractivity contribution in [3.05, 3.63) is 12.2 Å². The van der Waals surface area contributed by atoms with Crippen LogP contribution in [-0.2, 0) is 0 Å². The van der Waals surface area contributed by atoms with Gasteiger partial charge in [-0.05, 0) is 75.5 Å². The van der Waals surface area contributed by atoms with Crippen LogP contribution in [-0.4, -0.2) is 0 Å². The summed E-state index contributed by atoms with van der Waals surface area (Å²) in [6.45, 7) is 2.25. The van der Waals surface area contributed by atoms with Gasteiger partial charge in [0.05, 0.1) is 6.07 Å². The number of nitrogens with zero attached hydrogens (tertiary/aromatic N) is 1. The number of unbranched alkanes of at least 4 members (excludes halogenated alkanes) is 1. The third kappa shape index (κ3) is 4.37. The first-order valence-corrected chi connectivity index (χ1v) is 8.39. The summed E-state index contributed by atoms with van der Waals surface area (Å²) in [5.74, 6) is 3.13. The molecule has 0 atom stereocenters. The van der Waals surface area contributed by atoms with E-state index < -0.39 is 0 Å². The summed E-state index contributed by atoms with van der Waals surface area (Å²) in [6, 6.07) is 2.45. The molecular formula is C18H29N. The van der Waals surface area contributed by atoms with Crippen molar-refractivity contribution in [3.63, 3.8) is 0 Å². The van der Waals surface area contributed by atoms with Crippen molar-refractivity contribution in [2.45, 2.75) is 71.1 Å². The summed E-state index contributed by atoms with van der Waals surface area (Å²) in [5, 5.41) is 8.97. The van der Waals surface area contributed by atoms with Gasteiger partial charge in [-0.1, -0.05) is 25.5 Å². The lowest BCUT2D eigenvalue weighted by atomic mass is 9.69. The van der Waals surface area contributed by atoms with E-state index in [9.17, 15) is 0 Å². The minimum atomic E-state index is 0.365. The maximum Gasteiger partial charge on any atom is 0.0655 e. The van der Waals surface area contributed by atoms with E-state index in [0.717, 1.165) is 30.6 Å². The zero-order valence-corrected chi connectivity index (χ0v) is 12.5. The van der Waals surface area contributed by atoms with Crippen LogP contribution in [0.5, 0.6) is 0 Å². The molecule has 0 unspecified atom stereocenters. The smallest absolute Gasteiger partial charge is 0.0655 e. The predicted octanol–water partition coefficient (Wildman–Crippen LogP) is 5.48. The minimum absolute atomic E-state index is 0.365. The van der Waals surface area contributed by atoms with Crippen molar-refractivity contribution in [1.29, 1.82) is 5.26 Å². The summed E-state index contributed by atoms with van der Waals surface area (Å²) >= 11 is 0. The molecule has 2 aliphatic rings. The number of hydrogen-bond donors (Lipinski definition) is 0. The van der Waals surface area contributed by atoms with Crippen LogP contribution in [0.15, 0.2) is 12.2 Å². The van der Waals surface area contributed by atoms with E-state index in [-0.39, 0.29) is 0 Å². The second kappa shape index (κ2) is 7.73. The van der Waals surface area contributed by atoms with Crippen LogP contribution in [0.4, 0.5) is 0 Å². The third-order valence-electron chi connectivity index (χ3n) is 5.30. The van der Waals surface area contributed by atoms with E-state index in [2.05, 4.69) is 25.1 Å². The molecule has 0 amide bonds. The zero-order chi connectivity index (χ0) is 13.5. The van der Waals surface area contributed by atoms with Gasteiger partial charge in [-0.15, -0.1) is 0 Å². The molecule has 19 heavy (non-hydrogen) atoms. The van der Waals surface area contributed by atoms with E-state index in [1.54, 1.807) is 0 Å². The Morgan fingerprint density at radius 1 is 0.947 bits per heavy atom. The Hall–Kier alpha value is -0.770. The second-order valence-electron chi connectivity index (χ2n) is 6.63. The van der Waals surface area contributed by atoms with E-state index in [1.165, 1.54) is 51.4 Å². The first kappa shape index (κ1) is 14.6. The fourth-order valence-corrected chi connectivity index (χ4v) is 3.98. The van der Waals surface area contributed by atoms with Crippen molar-refractivity contribution in [3.8, 4) is 6.07 Å². The van der Waals surface area contributed by atoms with Crippen molar-refractivity contribution >= 4 is 0 Å². The Balaban J connectivity index is 1.70. The first-order chi connectivity index (χ1) is 9.33. The molecule has 1 nitrogen and oxygen atoms in total. The van der Waals surface area contributed by atoms with Gasteiger partial charge in [0.25, 0.3) is 0 Å². The van der Waals surface area contributed by atoms with Gasteiger partial charge >= 0.3 is 0 Å². The SMILES string of the molecule is CCC/C=C/[C@H]1CC[C@H](C2CCC(C#N)CC2)CC1. The van der Waals surface area contributed by atoms with Gasteiger partial charge in [0.2, 0.25) is 0 Å². The number of hydrogen-bond acceptors (Lipinski definition) is 1. The Morgan fingerprint density at radius 2 is 1.53 bits per heavy atom. The van der Waals surface area contributed by atoms with Crippen LogP contribution >= 0.6 is 0 Å². The molecule has 2 aliphatic carbocycles. The zero-order valence-electron chi connectivity index (χ0n) is 12.5. The van der Waals surface area contributed by atoms with Crippen molar-refractivity contribution in [2.75, 3.05) is 0 Å². The Morgan fingerprint density at radius 3 is 2.05 bits per heavy atom. The first-order valence-electron chi connectivity index (χ1n) is 8.39. The molecule has 0 aliphatic heterocycles. The fourth-order valence-electron chi connectivity index (χ4n) is 3.98. The molecule has 0 heterocycles. The lowest BCUT2D eigenvalue weighted by Gasteiger charge is -2.36. The molecule has 0 saturated heterocycles. The van der Waals surface area contributed by atoms with Gasteiger partial charge in [0.15, 0.2) is 0 Å². The lowest BCUT2D eigenvalue weighted by Crippen LogP contribution is -2.25. The minimum Gasteiger partial charge on any atom is -0.198 e. The van der Waals surface area contributed by atoms with E-state index >= 15 is 0 Å². The largest absolute Gasteiger partial charge is 0.198 e. The fraction of sp³-hybridized carbons (Fsp3) is 0.833. The summed E-state index contributed by atoms with van der Waals surface area (Å²) < 4.78 is 0. The highest BCUT2D eigenvalue weighted by molar-refractivity contribution is 4.93. The Kier molecular flexibility index (Phi) is 5.95. The predicted molar refractivity (Wildman–Crippen MR) is 80.6 cm³/mol. The molecule has 2 saturated carbocycles. The summed E-state index contributed by atoms with van der Waals surface area (Å²) in [6.07, 6.45) is 18.0. The lowest BCUT2D eigenvalue weighted by molar-refractivity contribution is 0.168. The highest BCUT2D eigenvalue weighted by atomic mass is 14.4. The van der Waals surface area contributed by atoms with Gasteiger partial charge in [0, 0.05) is 5.92 Å². The summed E-state index contributed by atoms with van der Waals surface area (Å²) in [7, 11) is 0. The van der Waals surface area contributed by atoms with Gasteiger partial charge in [-0.2, -0.15) is 5.26 Å². The Labute approximate surface area is 119 Å². The van der Waals surface area contributed by atoms with Gasteiger partial charge < -0.3 is 0 Å². The van der Waals surface area contributed by atoms with Crippen molar-refractivity contribution in [2.24, 2.45) is 23.7 Å². The standard InChI is InChI=1S/C18H29N/c1-2-3-4-5-15-6-10-17(11-7-15)18-12-8-16(14-19)9-13-18/h4-5,15-18H,2-3,6-13H2,1H3/b5-4+/t15-,16?,17-,18?. The average Bonchev–Trinajstić information content (AvgIpc) is 2.48. The molecule has 0 aromatic carbocycles. The molecule has 2 fully saturated rings. The topological polar surface area (TPSA) is 23.8 Å². The third-order valence-corrected chi connectivity index (χ3v) is 5.30. The number of allylic oxidation sites excluding steroid dienone is 2. The van der Waals surface area contributed by atoms with Crippen LogP contribution < -0.4 is 0 Å².